The zero-order valence-corrected chi connectivity index (χ0v) is 16.3. The van der Waals surface area contributed by atoms with Crippen LogP contribution in [0.4, 0.5) is 0 Å². The molecule has 0 radical (unpaired) electrons. The molecule has 0 saturated carbocycles. The van der Waals surface area contributed by atoms with Crippen molar-refractivity contribution in [3.05, 3.63) is 47.5 Å². The van der Waals surface area contributed by atoms with Crippen LogP contribution in [0.15, 0.2) is 35.5 Å². The molecule has 0 spiro atoms. The zero-order valence-electron chi connectivity index (χ0n) is 15.5. The van der Waals surface area contributed by atoms with Crippen LogP contribution in [-0.2, 0) is 34.5 Å². The number of fused-ring (bicyclic) bond motifs is 1. The van der Waals surface area contributed by atoms with E-state index >= 15 is 0 Å². The quantitative estimate of drug-likeness (QED) is 0.802. The van der Waals surface area contributed by atoms with Crippen molar-refractivity contribution >= 4 is 15.9 Å². The van der Waals surface area contributed by atoms with Crippen LogP contribution in [0.3, 0.4) is 0 Å². The summed E-state index contributed by atoms with van der Waals surface area (Å²) >= 11 is 0. The lowest BCUT2D eigenvalue weighted by Gasteiger charge is -2.21. The van der Waals surface area contributed by atoms with Gasteiger partial charge in [0.25, 0.3) is 0 Å². The number of nitrogens with zero attached hydrogens (tertiary/aromatic N) is 4. The Hall–Kier alpha value is -2.19. The summed E-state index contributed by atoms with van der Waals surface area (Å²) in [6.45, 7) is 4.58. The van der Waals surface area contributed by atoms with Crippen LogP contribution >= 0.6 is 0 Å². The standard InChI is InChI=1S/C19H24N4O3S/c1-15-5-2-6-16(11-15)27(25,26)23-10-4-9-22-14-20-17(18(22)13-23)12-21-8-3-7-19(21)24/h2,5-6,11,14H,3-4,7-10,12-13H2,1H3. The van der Waals surface area contributed by atoms with Gasteiger partial charge in [-0.05, 0) is 37.5 Å². The third-order valence-corrected chi connectivity index (χ3v) is 7.15. The molecule has 3 heterocycles. The fraction of sp³-hybridized carbons (Fsp3) is 0.474. The van der Waals surface area contributed by atoms with Crippen molar-refractivity contribution in [1.82, 2.24) is 18.8 Å². The van der Waals surface area contributed by atoms with Crippen LogP contribution in [0.1, 0.15) is 36.2 Å². The number of aromatic nitrogens is 2. The lowest BCUT2D eigenvalue weighted by atomic mass is 10.2. The molecule has 1 aromatic carbocycles. The van der Waals surface area contributed by atoms with Gasteiger partial charge in [0.1, 0.15) is 0 Å². The minimum Gasteiger partial charge on any atom is -0.337 e. The number of carbonyl (C=O) groups is 1. The molecule has 27 heavy (non-hydrogen) atoms. The number of amides is 1. The van der Waals surface area contributed by atoms with E-state index in [0.717, 1.165) is 42.9 Å². The maximum atomic E-state index is 13.2. The van der Waals surface area contributed by atoms with Gasteiger partial charge in [0.05, 0.1) is 35.7 Å². The predicted molar refractivity (Wildman–Crippen MR) is 100 cm³/mol. The Labute approximate surface area is 159 Å². The van der Waals surface area contributed by atoms with Crippen molar-refractivity contribution in [2.75, 3.05) is 13.1 Å². The highest BCUT2D eigenvalue weighted by Gasteiger charge is 2.30. The molecule has 0 aliphatic carbocycles. The Morgan fingerprint density at radius 2 is 2.00 bits per heavy atom. The first-order valence-corrected chi connectivity index (χ1v) is 10.8. The third-order valence-electron chi connectivity index (χ3n) is 5.30. The van der Waals surface area contributed by atoms with Crippen molar-refractivity contribution in [1.29, 1.82) is 0 Å². The summed E-state index contributed by atoms with van der Waals surface area (Å²) in [5.74, 6) is 0.148. The number of aryl methyl sites for hydroxylation is 2. The van der Waals surface area contributed by atoms with Gasteiger partial charge in [-0.2, -0.15) is 4.31 Å². The molecule has 1 saturated heterocycles. The second kappa shape index (κ2) is 7.09. The van der Waals surface area contributed by atoms with Gasteiger partial charge in [-0.1, -0.05) is 12.1 Å². The number of sulfonamides is 1. The molecule has 2 aromatic rings. The molecule has 0 atom stereocenters. The summed E-state index contributed by atoms with van der Waals surface area (Å²) in [5, 5.41) is 0. The van der Waals surface area contributed by atoms with Crippen molar-refractivity contribution in [2.45, 2.75) is 50.7 Å². The minimum atomic E-state index is -3.57. The van der Waals surface area contributed by atoms with E-state index in [4.69, 9.17) is 0 Å². The second-order valence-corrected chi connectivity index (χ2v) is 9.20. The molecule has 2 aliphatic rings. The number of rotatable bonds is 4. The molecule has 8 heteroatoms. The Balaban J connectivity index is 1.62. The van der Waals surface area contributed by atoms with Crippen LogP contribution in [0.5, 0.6) is 0 Å². The monoisotopic (exact) mass is 388 g/mol. The van der Waals surface area contributed by atoms with E-state index in [9.17, 15) is 13.2 Å². The maximum Gasteiger partial charge on any atom is 0.243 e. The molecule has 1 amide bonds. The number of benzene rings is 1. The van der Waals surface area contributed by atoms with Gasteiger partial charge in [-0.3, -0.25) is 4.79 Å². The Morgan fingerprint density at radius 3 is 2.74 bits per heavy atom. The topological polar surface area (TPSA) is 75.5 Å². The van der Waals surface area contributed by atoms with Crippen LogP contribution in [0.25, 0.3) is 0 Å². The average molecular weight is 388 g/mol. The van der Waals surface area contributed by atoms with Gasteiger partial charge >= 0.3 is 0 Å². The van der Waals surface area contributed by atoms with Crippen molar-refractivity contribution < 1.29 is 13.2 Å². The number of hydrogen-bond donors (Lipinski definition) is 0. The molecular formula is C19H24N4O3S. The SMILES string of the molecule is Cc1cccc(S(=O)(=O)N2CCCn3cnc(CN4CCCC4=O)c3C2)c1. The molecule has 2 aliphatic heterocycles. The molecule has 1 aromatic heterocycles. The van der Waals surface area contributed by atoms with E-state index in [1.54, 1.807) is 24.5 Å². The van der Waals surface area contributed by atoms with Gasteiger partial charge in [0, 0.05) is 26.1 Å². The lowest BCUT2D eigenvalue weighted by molar-refractivity contribution is -0.128. The number of hydrogen-bond acceptors (Lipinski definition) is 4. The number of imidazole rings is 1. The Bertz CT molecular complexity index is 967. The van der Waals surface area contributed by atoms with Crippen LogP contribution in [-0.4, -0.2) is 46.2 Å². The fourth-order valence-electron chi connectivity index (χ4n) is 3.80. The van der Waals surface area contributed by atoms with E-state index in [0.29, 0.717) is 24.4 Å². The highest BCUT2D eigenvalue weighted by Crippen LogP contribution is 2.25. The first kappa shape index (κ1) is 18.2. The van der Waals surface area contributed by atoms with Crippen LogP contribution < -0.4 is 0 Å². The van der Waals surface area contributed by atoms with E-state index in [1.807, 2.05) is 22.5 Å². The minimum absolute atomic E-state index is 0.148. The van der Waals surface area contributed by atoms with Crippen molar-refractivity contribution in [3.8, 4) is 0 Å². The summed E-state index contributed by atoms with van der Waals surface area (Å²) < 4.78 is 29.9. The number of likely N-dealkylation sites (tertiary alicyclic amines) is 1. The van der Waals surface area contributed by atoms with E-state index < -0.39 is 10.0 Å². The van der Waals surface area contributed by atoms with Gasteiger partial charge in [0.2, 0.25) is 15.9 Å². The summed E-state index contributed by atoms with van der Waals surface area (Å²) in [4.78, 5) is 18.6. The molecule has 144 valence electrons. The van der Waals surface area contributed by atoms with E-state index in [1.165, 1.54) is 4.31 Å². The zero-order chi connectivity index (χ0) is 19.0. The second-order valence-electron chi connectivity index (χ2n) is 7.26. The number of carbonyl (C=O) groups excluding carboxylic acids is 1. The molecular weight excluding hydrogens is 364 g/mol. The van der Waals surface area contributed by atoms with Gasteiger partial charge in [-0.15, -0.1) is 0 Å². The summed E-state index contributed by atoms with van der Waals surface area (Å²) in [5.41, 5.74) is 2.61. The van der Waals surface area contributed by atoms with Crippen LogP contribution in [0.2, 0.25) is 0 Å². The maximum absolute atomic E-state index is 13.2. The smallest absolute Gasteiger partial charge is 0.243 e. The molecule has 4 rings (SSSR count). The predicted octanol–water partition coefficient (Wildman–Crippen LogP) is 1.91. The van der Waals surface area contributed by atoms with E-state index in [2.05, 4.69) is 4.98 Å². The van der Waals surface area contributed by atoms with Crippen molar-refractivity contribution in [3.63, 3.8) is 0 Å². The summed E-state index contributed by atoms with van der Waals surface area (Å²) in [6.07, 6.45) is 3.97. The summed E-state index contributed by atoms with van der Waals surface area (Å²) in [7, 11) is -3.57. The highest BCUT2D eigenvalue weighted by atomic mass is 32.2. The fourth-order valence-corrected chi connectivity index (χ4v) is 5.35. The van der Waals surface area contributed by atoms with Crippen LogP contribution in [0, 0.1) is 6.92 Å². The summed E-state index contributed by atoms with van der Waals surface area (Å²) in [6, 6.07) is 7.02. The van der Waals surface area contributed by atoms with Gasteiger partial charge < -0.3 is 9.47 Å². The van der Waals surface area contributed by atoms with E-state index in [-0.39, 0.29) is 12.5 Å². The molecule has 0 bridgehead atoms. The normalized spacial score (nSPS) is 18.6. The first-order chi connectivity index (χ1) is 12.9. The average Bonchev–Trinajstić information content (AvgIpc) is 3.14. The third kappa shape index (κ3) is 3.51. The molecule has 0 N–H and O–H groups in total. The Morgan fingerprint density at radius 1 is 1.15 bits per heavy atom. The molecule has 1 fully saturated rings. The first-order valence-electron chi connectivity index (χ1n) is 9.32. The van der Waals surface area contributed by atoms with Gasteiger partial charge in [-0.25, -0.2) is 13.4 Å². The highest BCUT2D eigenvalue weighted by molar-refractivity contribution is 7.89. The Kier molecular flexibility index (Phi) is 4.77. The van der Waals surface area contributed by atoms with Gasteiger partial charge in [0.15, 0.2) is 0 Å². The lowest BCUT2D eigenvalue weighted by Crippen LogP contribution is -2.32. The molecule has 0 unspecified atom stereocenters. The van der Waals surface area contributed by atoms with Crippen molar-refractivity contribution in [2.24, 2.45) is 0 Å². The largest absolute Gasteiger partial charge is 0.337 e. The molecule has 7 nitrogen and oxygen atoms in total.